The zero-order chi connectivity index (χ0) is 12.3. The van der Waals surface area contributed by atoms with Gasteiger partial charge in [-0.15, -0.1) is 6.58 Å². The second-order valence-corrected chi connectivity index (χ2v) is 5.27. The second-order valence-electron chi connectivity index (χ2n) is 5.27. The van der Waals surface area contributed by atoms with E-state index in [0.29, 0.717) is 6.04 Å². The molecule has 4 nitrogen and oxygen atoms in total. The molecule has 0 aliphatic carbocycles. The number of likely N-dealkylation sites (N-methyl/N-ethyl adjacent to an activating group) is 1. The van der Waals surface area contributed by atoms with E-state index in [1.807, 2.05) is 33.9 Å². The smallest absolute Gasteiger partial charge is 0.410 e. The molecular formula is C12H22N2O2. The molecule has 0 saturated carbocycles. The molecule has 0 radical (unpaired) electrons. The maximum Gasteiger partial charge on any atom is 0.410 e. The van der Waals surface area contributed by atoms with Crippen LogP contribution in [-0.4, -0.2) is 54.2 Å². The first-order chi connectivity index (χ1) is 7.33. The topological polar surface area (TPSA) is 32.8 Å². The number of nitrogens with zero attached hydrogens (tertiary/aromatic N) is 2. The summed E-state index contributed by atoms with van der Waals surface area (Å²) in [5, 5.41) is 0. The summed E-state index contributed by atoms with van der Waals surface area (Å²) in [6, 6.07) is 0.436. The first-order valence-electron chi connectivity index (χ1n) is 5.62. The van der Waals surface area contributed by atoms with Crippen molar-refractivity contribution in [1.29, 1.82) is 0 Å². The summed E-state index contributed by atoms with van der Waals surface area (Å²) >= 11 is 0. The van der Waals surface area contributed by atoms with Gasteiger partial charge < -0.3 is 9.64 Å². The number of carbonyl (C=O) groups excluding carboxylic acids is 1. The molecule has 0 unspecified atom stereocenters. The lowest BCUT2D eigenvalue weighted by Crippen LogP contribution is -2.60. The Morgan fingerprint density at radius 3 is 2.56 bits per heavy atom. The van der Waals surface area contributed by atoms with Crippen LogP contribution in [0.15, 0.2) is 12.7 Å². The molecule has 1 aliphatic rings. The minimum Gasteiger partial charge on any atom is -0.444 e. The molecule has 0 atom stereocenters. The van der Waals surface area contributed by atoms with Crippen molar-refractivity contribution in [2.75, 3.05) is 26.7 Å². The molecule has 16 heavy (non-hydrogen) atoms. The van der Waals surface area contributed by atoms with Crippen molar-refractivity contribution < 1.29 is 9.53 Å². The first-order valence-corrected chi connectivity index (χ1v) is 5.62. The lowest BCUT2D eigenvalue weighted by atomic mass is 10.1. The third kappa shape index (κ3) is 3.52. The number of hydrogen-bond acceptors (Lipinski definition) is 3. The lowest BCUT2D eigenvalue weighted by molar-refractivity contribution is -0.00910. The number of likely N-dealkylation sites (tertiary alicyclic amines) is 1. The minimum atomic E-state index is -0.408. The Morgan fingerprint density at radius 2 is 2.12 bits per heavy atom. The van der Waals surface area contributed by atoms with Crippen LogP contribution in [0.5, 0.6) is 0 Å². The molecular weight excluding hydrogens is 204 g/mol. The summed E-state index contributed by atoms with van der Waals surface area (Å²) in [5.41, 5.74) is -0.408. The Hall–Kier alpha value is -1.03. The highest BCUT2D eigenvalue weighted by molar-refractivity contribution is 5.69. The Bertz CT molecular complexity index is 265. The van der Waals surface area contributed by atoms with Crippen LogP contribution >= 0.6 is 0 Å². The predicted octanol–water partition coefficient (Wildman–Crippen LogP) is 1.72. The van der Waals surface area contributed by atoms with Gasteiger partial charge in [0.1, 0.15) is 5.60 Å². The molecule has 4 heteroatoms. The van der Waals surface area contributed by atoms with E-state index in [1.54, 1.807) is 4.90 Å². The minimum absolute atomic E-state index is 0.212. The SMILES string of the molecule is C=CCN(C)C1CN(C(=O)OC(C)(C)C)C1. The summed E-state index contributed by atoms with van der Waals surface area (Å²) in [4.78, 5) is 15.6. The van der Waals surface area contributed by atoms with Crippen LogP contribution in [0.4, 0.5) is 4.79 Å². The van der Waals surface area contributed by atoms with Crippen LogP contribution < -0.4 is 0 Å². The van der Waals surface area contributed by atoms with Gasteiger partial charge in [-0.25, -0.2) is 4.79 Å². The largest absolute Gasteiger partial charge is 0.444 e. The molecule has 0 aromatic heterocycles. The van der Waals surface area contributed by atoms with Crippen LogP contribution in [0.25, 0.3) is 0 Å². The molecule has 0 spiro atoms. The summed E-state index contributed by atoms with van der Waals surface area (Å²) in [6.07, 6.45) is 1.66. The van der Waals surface area contributed by atoms with Gasteiger partial charge in [-0.3, -0.25) is 4.90 Å². The van der Waals surface area contributed by atoms with E-state index in [-0.39, 0.29) is 6.09 Å². The summed E-state index contributed by atoms with van der Waals surface area (Å²) in [5.74, 6) is 0. The van der Waals surface area contributed by atoms with E-state index in [0.717, 1.165) is 19.6 Å². The fourth-order valence-electron chi connectivity index (χ4n) is 1.56. The quantitative estimate of drug-likeness (QED) is 0.687. The number of rotatable bonds is 3. The highest BCUT2D eigenvalue weighted by atomic mass is 16.6. The van der Waals surface area contributed by atoms with Gasteiger partial charge in [0.25, 0.3) is 0 Å². The van der Waals surface area contributed by atoms with E-state index < -0.39 is 5.60 Å². The van der Waals surface area contributed by atoms with Crippen molar-refractivity contribution >= 4 is 6.09 Å². The molecule has 1 aliphatic heterocycles. The van der Waals surface area contributed by atoms with Crippen molar-refractivity contribution in [2.45, 2.75) is 32.4 Å². The van der Waals surface area contributed by atoms with Crippen molar-refractivity contribution in [3.05, 3.63) is 12.7 Å². The number of hydrogen-bond donors (Lipinski definition) is 0. The number of amides is 1. The molecule has 0 bridgehead atoms. The molecule has 0 N–H and O–H groups in total. The molecule has 92 valence electrons. The number of carbonyl (C=O) groups is 1. The van der Waals surface area contributed by atoms with Crippen molar-refractivity contribution in [3.63, 3.8) is 0 Å². The van der Waals surface area contributed by atoms with E-state index >= 15 is 0 Å². The van der Waals surface area contributed by atoms with E-state index in [2.05, 4.69) is 11.5 Å². The Kier molecular flexibility index (Phi) is 3.97. The van der Waals surface area contributed by atoms with Gasteiger partial charge in [0.15, 0.2) is 0 Å². The van der Waals surface area contributed by atoms with Gasteiger partial charge >= 0.3 is 6.09 Å². The van der Waals surface area contributed by atoms with Crippen LogP contribution in [0.1, 0.15) is 20.8 Å². The van der Waals surface area contributed by atoms with Crippen molar-refractivity contribution in [3.8, 4) is 0 Å². The van der Waals surface area contributed by atoms with Crippen molar-refractivity contribution in [2.24, 2.45) is 0 Å². The van der Waals surface area contributed by atoms with Gasteiger partial charge in [0.05, 0.1) is 0 Å². The fraction of sp³-hybridized carbons (Fsp3) is 0.750. The molecule has 1 heterocycles. The van der Waals surface area contributed by atoms with Gasteiger partial charge in [0.2, 0.25) is 0 Å². The van der Waals surface area contributed by atoms with E-state index in [1.165, 1.54) is 0 Å². The monoisotopic (exact) mass is 226 g/mol. The van der Waals surface area contributed by atoms with Crippen LogP contribution in [0.2, 0.25) is 0 Å². The summed E-state index contributed by atoms with van der Waals surface area (Å²) in [7, 11) is 2.04. The Labute approximate surface area is 97.9 Å². The second kappa shape index (κ2) is 4.87. The third-order valence-corrected chi connectivity index (χ3v) is 2.55. The van der Waals surface area contributed by atoms with E-state index in [9.17, 15) is 4.79 Å². The first kappa shape index (κ1) is 13.0. The van der Waals surface area contributed by atoms with Crippen LogP contribution in [0, 0.1) is 0 Å². The third-order valence-electron chi connectivity index (χ3n) is 2.55. The highest BCUT2D eigenvalue weighted by Crippen LogP contribution is 2.17. The van der Waals surface area contributed by atoms with Crippen LogP contribution in [-0.2, 0) is 4.74 Å². The van der Waals surface area contributed by atoms with Crippen LogP contribution in [0.3, 0.4) is 0 Å². The Morgan fingerprint density at radius 1 is 1.56 bits per heavy atom. The molecule has 1 fully saturated rings. The average molecular weight is 226 g/mol. The highest BCUT2D eigenvalue weighted by Gasteiger charge is 2.35. The summed E-state index contributed by atoms with van der Waals surface area (Å²) < 4.78 is 5.28. The normalized spacial score (nSPS) is 17.2. The summed E-state index contributed by atoms with van der Waals surface area (Å²) in [6.45, 7) is 11.7. The molecule has 1 amide bonds. The molecule has 0 aromatic rings. The average Bonchev–Trinajstić information content (AvgIpc) is 1.97. The Balaban J connectivity index is 2.30. The van der Waals surface area contributed by atoms with Gasteiger partial charge in [0, 0.05) is 25.7 Å². The molecule has 1 saturated heterocycles. The van der Waals surface area contributed by atoms with Gasteiger partial charge in [-0.05, 0) is 27.8 Å². The zero-order valence-corrected chi connectivity index (χ0v) is 10.7. The van der Waals surface area contributed by atoms with Gasteiger partial charge in [-0.1, -0.05) is 6.08 Å². The van der Waals surface area contributed by atoms with Gasteiger partial charge in [-0.2, -0.15) is 0 Å². The molecule has 1 rings (SSSR count). The maximum absolute atomic E-state index is 11.6. The molecule has 0 aromatic carbocycles. The standard InChI is InChI=1S/C12H22N2O2/c1-6-7-13(5)10-8-14(9-10)11(15)16-12(2,3)4/h6,10H,1,7-9H2,2-5H3. The van der Waals surface area contributed by atoms with E-state index in [4.69, 9.17) is 4.74 Å². The lowest BCUT2D eigenvalue weighted by Gasteiger charge is -2.43. The fourth-order valence-corrected chi connectivity index (χ4v) is 1.56. The predicted molar refractivity (Wildman–Crippen MR) is 64.4 cm³/mol. The zero-order valence-electron chi connectivity index (χ0n) is 10.7. The maximum atomic E-state index is 11.6. The van der Waals surface area contributed by atoms with Crippen molar-refractivity contribution in [1.82, 2.24) is 9.80 Å². The number of ether oxygens (including phenoxy) is 1.